The Labute approximate surface area is 127 Å². The fourth-order valence-corrected chi connectivity index (χ4v) is 4.69. The first-order chi connectivity index (χ1) is 8.61. The molecular formula is C11H14Br2N2O2S. The van der Waals surface area contributed by atoms with Crippen molar-refractivity contribution in [3.8, 4) is 0 Å². The lowest BCUT2D eigenvalue weighted by molar-refractivity contribution is -0.0196. The zero-order chi connectivity index (χ0) is 13.1. The van der Waals surface area contributed by atoms with Crippen LogP contribution in [0.3, 0.4) is 0 Å². The number of carbonyl (C=O) groups is 1. The number of rotatable bonds is 3. The van der Waals surface area contributed by atoms with Gasteiger partial charge in [-0.25, -0.2) is 0 Å². The Morgan fingerprint density at radius 1 is 1.67 bits per heavy atom. The van der Waals surface area contributed by atoms with Gasteiger partial charge in [0.15, 0.2) is 0 Å². The number of halogens is 2. The van der Waals surface area contributed by atoms with Gasteiger partial charge in [0.25, 0.3) is 5.91 Å². The first kappa shape index (κ1) is 14.5. The molecule has 1 fully saturated rings. The Kier molecular flexibility index (Phi) is 5.20. The van der Waals surface area contributed by atoms with E-state index < -0.39 is 0 Å². The van der Waals surface area contributed by atoms with Crippen LogP contribution in [0.25, 0.3) is 0 Å². The molecule has 18 heavy (non-hydrogen) atoms. The van der Waals surface area contributed by atoms with E-state index in [1.807, 2.05) is 18.0 Å². The molecule has 0 spiro atoms. The molecule has 4 nitrogen and oxygen atoms in total. The summed E-state index contributed by atoms with van der Waals surface area (Å²) in [6.45, 7) is 2.65. The minimum atomic E-state index is 0.0632. The Bertz CT molecular complexity index is 437. The van der Waals surface area contributed by atoms with E-state index in [2.05, 4.69) is 37.2 Å². The quantitative estimate of drug-likeness (QED) is 0.850. The highest BCUT2D eigenvalue weighted by Gasteiger charge is 2.26. The summed E-state index contributed by atoms with van der Waals surface area (Å²) >= 11 is 8.34. The Morgan fingerprint density at radius 2 is 2.44 bits per heavy atom. The summed E-state index contributed by atoms with van der Waals surface area (Å²) in [5.74, 6) is 0.0632. The van der Waals surface area contributed by atoms with E-state index >= 15 is 0 Å². The van der Waals surface area contributed by atoms with Crippen LogP contribution in [0.15, 0.2) is 13.6 Å². The summed E-state index contributed by atoms with van der Waals surface area (Å²) < 4.78 is 7.42. The van der Waals surface area contributed by atoms with Crippen molar-refractivity contribution in [1.82, 2.24) is 10.2 Å². The minimum absolute atomic E-state index is 0.0632. The van der Waals surface area contributed by atoms with E-state index in [0.29, 0.717) is 19.7 Å². The first-order valence-electron chi connectivity index (χ1n) is 5.62. The molecule has 1 unspecified atom stereocenters. The van der Waals surface area contributed by atoms with E-state index in [1.54, 1.807) is 0 Å². The van der Waals surface area contributed by atoms with E-state index in [1.165, 1.54) is 11.3 Å². The van der Waals surface area contributed by atoms with Crippen molar-refractivity contribution >= 4 is 49.1 Å². The zero-order valence-electron chi connectivity index (χ0n) is 9.91. The first-order valence-corrected chi connectivity index (χ1v) is 8.02. The van der Waals surface area contributed by atoms with Crippen molar-refractivity contribution in [3.63, 3.8) is 0 Å². The van der Waals surface area contributed by atoms with Crippen LogP contribution in [0.4, 0.5) is 0 Å². The molecule has 0 radical (unpaired) electrons. The van der Waals surface area contributed by atoms with Crippen LogP contribution in [-0.2, 0) is 4.74 Å². The van der Waals surface area contributed by atoms with Crippen molar-refractivity contribution < 1.29 is 9.53 Å². The molecule has 0 aromatic carbocycles. The number of likely N-dealkylation sites (N-methyl/N-ethyl adjacent to an activating group) is 1. The lowest BCUT2D eigenvalue weighted by Gasteiger charge is -2.32. The SMILES string of the molecule is CNCC1CN(C(=O)c2cc(Br)sc2Br)CCO1. The van der Waals surface area contributed by atoms with Crippen molar-refractivity contribution in [2.24, 2.45) is 0 Å². The highest BCUT2D eigenvalue weighted by molar-refractivity contribution is 9.12. The number of nitrogens with one attached hydrogen (secondary N) is 1. The Morgan fingerprint density at radius 3 is 3.06 bits per heavy atom. The van der Waals surface area contributed by atoms with E-state index in [-0.39, 0.29) is 12.0 Å². The van der Waals surface area contributed by atoms with Gasteiger partial charge in [-0.2, -0.15) is 0 Å². The number of hydrogen-bond donors (Lipinski definition) is 1. The second-order valence-corrected chi connectivity index (χ2v) is 7.79. The number of thiophene rings is 1. The predicted octanol–water partition coefficient (Wildman–Crippen LogP) is 2.33. The molecule has 1 N–H and O–H groups in total. The van der Waals surface area contributed by atoms with Crippen molar-refractivity contribution in [3.05, 3.63) is 19.2 Å². The molecule has 2 rings (SSSR count). The number of amides is 1. The molecule has 0 bridgehead atoms. The predicted molar refractivity (Wildman–Crippen MR) is 79.3 cm³/mol. The molecule has 0 aliphatic carbocycles. The lowest BCUT2D eigenvalue weighted by Crippen LogP contribution is -2.48. The standard InChI is InChI=1S/C11H14Br2N2O2S/c1-14-5-7-6-15(2-3-17-7)11(16)8-4-9(12)18-10(8)13/h4,7,14H,2-3,5-6H2,1H3. The number of hydrogen-bond acceptors (Lipinski definition) is 4. The van der Waals surface area contributed by atoms with Gasteiger partial charge in [-0.1, -0.05) is 0 Å². The third-order valence-corrected chi connectivity index (χ3v) is 5.08. The van der Waals surface area contributed by atoms with Crippen LogP contribution in [-0.4, -0.2) is 50.2 Å². The molecular weight excluding hydrogens is 384 g/mol. The topological polar surface area (TPSA) is 41.6 Å². The molecule has 1 aliphatic rings. The maximum absolute atomic E-state index is 12.4. The molecule has 1 amide bonds. The second-order valence-electron chi connectivity index (χ2n) is 4.04. The van der Waals surface area contributed by atoms with Gasteiger partial charge in [-0.3, -0.25) is 4.79 Å². The van der Waals surface area contributed by atoms with Gasteiger partial charge in [0.1, 0.15) is 0 Å². The minimum Gasteiger partial charge on any atom is -0.373 e. The van der Waals surface area contributed by atoms with Crippen LogP contribution in [0.1, 0.15) is 10.4 Å². The highest BCUT2D eigenvalue weighted by atomic mass is 79.9. The normalized spacial score (nSPS) is 20.2. The third kappa shape index (κ3) is 3.33. The Balaban J connectivity index is 2.06. The number of carbonyl (C=O) groups excluding carboxylic acids is 1. The van der Waals surface area contributed by atoms with Crippen molar-refractivity contribution in [2.75, 3.05) is 33.3 Å². The Hall–Kier alpha value is 0.0500. The number of ether oxygens (including phenoxy) is 1. The van der Waals surface area contributed by atoms with Gasteiger partial charge in [-0.15, -0.1) is 11.3 Å². The fraction of sp³-hybridized carbons (Fsp3) is 0.545. The molecule has 7 heteroatoms. The van der Waals surface area contributed by atoms with Gasteiger partial charge >= 0.3 is 0 Å². The molecule has 1 atom stereocenters. The van der Waals surface area contributed by atoms with E-state index in [9.17, 15) is 4.79 Å². The average molecular weight is 398 g/mol. The molecule has 0 saturated carbocycles. The summed E-state index contributed by atoms with van der Waals surface area (Å²) in [5.41, 5.74) is 0.719. The maximum Gasteiger partial charge on any atom is 0.256 e. The van der Waals surface area contributed by atoms with E-state index in [0.717, 1.165) is 19.7 Å². The van der Waals surface area contributed by atoms with Crippen molar-refractivity contribution in [1.29, 1.82) is 0 Å². The van der Waals surface area contributed by atoms with Crippen LogP contribution in [0.5, 0.6) is 0 Å². The van der Waals surface area contributed by atoms with Crippen LogP contribution in [0, 0.1) is 0 Å². The molecule has 1 saturated heterocycles. The van der Waals surface area contributed by atoms with Crippen LogP contribution in [0.2, 0.25) is 0 Å². The summed E-state index contributed by atoms with van der Waals surface area (Å²) in [4.78, 5) is 14.2. The van der Waals surface area contributed by atoms with E-state index in [4.69, 9.17) is 4.74 Å². The van der Waals surface area contributed by atoms with Gasteiger partial charge in [0.2, 0.25) is 0 Å². The number of nitrogens with zero attached hydrogens (tertiary/aromatic N) is 1. The molecule has 1 aliphatic heterocycles. The molecule has 2 heterocycles. The summed E-state index contributed by atoms with van der Waals surface area (Å²) in [6.07, 6.45) is 0.0774. The van der Waals surface area contributed by atoms with Gasteiger partial charge in [0.05, 0.1) is 25.8 Å². The fourth-order valence-electron chi connectivity index (χ4n) is 1.91. The second kappa shape index (κ2) is 6.47. The lowest BCUT2D eigenvalue weighted by atomic mass is 10.2. The number of morpholine rings is 1. The van der Waals surface area contributed by atoms with Crippen molar-refractivity contribution in [2.45, 2.75) is 6.10 Å². The summed E-state index contributed by atoms with van der Waals surface area (Å²) in [7, 11) is 1.89. The van der Waals surface area contributed by atoms with Gasteiger partial charge < -0.3 is 15.0 Å². The monoisotopic (exact) mass is 396 g/mol. The van der Waals surface area contributed by atoms with Gasteiger partial charge in [-0.05, 0) is 45.0 Å². The van der Waals surface area contributed by atoms with Crippen LogP contribution < -0.4 is 5.32 Å². The third-order valence-electron chi connectivity index (χ3n) is 2.74. The van der Waals surface area contributed by atoms with Gasteiger partial charge in [0, 0.05) is 19.6 Å². The molecule has 1 aromatic heterocycles. The maximum atomic E-state index is 12.4. The molecule has 100 valence electrons. The largest absolute Gasteiger partial charge is 0.373 e. The summed E-state index contributed by atoms with van der Waals surface area (Å²) in [5, 5.41) is 3.07. The average Bonchev–Trinajstić information content (AvgIpc) is 2.68. The highest BCUT2D eigenvalue weighted by Crippen LogP contribution is 2.32. The summed E-state index contributed by atoms with van der Waals surface area (Å²) in [6, 6.07) is 1.86. The molecule has 1 aromatic rings. The zero-order valence-corrected chi connectivity index (χ0v) is 13.9. The smallest absolute Gasteiger partial charge is 0.256 e. The van der Waals surface area contributed by atoms with Crippen LogP contribution >= 0.6 is 43.2 Å².